The van der Waals surface area contributed by atoms with Crippen molar-refractivity contribution in [3.8, 4) is 0 Å². The van der Waals surface area contributed by atoms with Crippen molar-refractivity contribution in [1.82, 2.24) is 31.9 Å². The van der Waals surface area contributed by atoms with Gasteiger partial charge in [0.25, 0.3) is 0 Å². The Hall–Kier alpha value is -4.77. The summed E-state index contributed by atoms with van der Waals surface area (Å²) in [4.78, 5) is 90.9. The van der Waals surface area contributed by atoms with E-state index in [1.54, 1.807) is 71.9 Å². The van der Waals surface area contributed by atoms with Crippen LogP contribution < -0.4 is 37.6 Å². The number of primary amides is 1. The summed E-state index contributed by atoms with van der Waals surface area (Å²) in [5, 5.41) is 26.6. The Bertz CT molecular complexity index is 1430. The third-order valence-corrected chi connectivity index (χ3v) is 8.43. The van der Waals surface area contributed by atoms with E-state index in [0.717, 1.165) is 0 Å². The normalized spacial score (nSPS) is 15.3. The fourth-order valence-corrected chi connectivity index (χ4v) is 5.36. The van der Waals surface area contributed by atoms with Gasteiger partial charge >= 0.3 is 12.1 Å². The second-order valence-electron chi connectivity index (χ2n) is 15.4. The van der Waals surface area contributed by atoms with Crippen molar-refractivity contribution in [2.75, 3.05) is 13.7 Å². The molecule has 310 valence electrons. The van der Waals surface area contributed by atoms with Gasteiger partial charge in [-0.15, -0.1) is 0 Å². The molecule has 0 aliphatic heterocycles. The first-order chi connectivity index (χ1) is 25.6. The number of hydrogen-bond donors (Lipinski definition) is 8. The van der Waals surface area contributed by atoms with Crippen molar-refractivity contribution in [3.05, 3.63) is 35.9 Å². The van der Waals surface area contributed by atoms with Gasteiger partial charge in [-0.25, -0.2) is 9.59 Å². The summed E-state index contributed by atoms with van der Waals surface area (Å²) in [5.41, 5.74) is 5.26. The number of alkyl carbamates (subject to hydrolysis) is 1. The highest BCUT2D eigenvalue weighted by Crippen LogP contribution is 2.13. The quantitative estimate of drug-likeness (QED) is 0.0603. The summed E-state index contributed by atoms with van der Waals surface area (Å²) in [6.45, 7) is 15.4. The number of amides is 6. The molecule has 0 bridgehead atoms. The molecule has 9 N–H and O–H groups in total. The third-order valence-electron chi connectivity index (χ3n) is 8.43. The van der Waals surface area contributed by atoms with Gasteiger partial charge in [-0.2, -0.15) is 0 Å². The molecular weight excluding hydrogens is 714 g/mol. The van der Waals surface area contributed by atoms with E-state index in [2.05, 4.69) is 31.9 Å². The predicted molar refractivity (Wildman–Crippen MR) is 205 cm³/mol. The average molecular weight is 778 g/mol. The number of benzene rings is 1. The molecule has 1 aromatic carbocycles. The van der Waals surface area contributed by atoms with Crippen molar-refractivity contribution in [3.63, 3.8) is 0 Å². The lowest BCUT2D eigenvalue weighted by Gasteiger charge is -2.29. The average Bonchev–Trinajstić information content (AvgIpc) is 3.09. The number of aliphatic hydroxyl groups is 1. The monoisotopic (exact) mass is 777 g/mol. The van der Waals surface area contributed by atoms with Gasteiger partial charge < -0.3 is 46.9 Å². The van der Waals surface area contributed by atoms with Gasteiger partial charge in [0.1, 0.15) is 36.0 Å². The summed E-state index contributed by atoms with van der Waals surface area (Å²) in [5.74, 6) is -5.10. The van der Waals surface area contributed by atoms with Crippen LogP contribution in [0.1, 0.15) is 87.1 Å². The summed E-state index contributed by atoms with van der Waals surface area (Å²) in [6, 6.07) is 2.94. The minimum atomic E-state index is -1.52. The van der Waals surface area contributed by atoms with Crippen LogP contribution in [0.3, 0.4) is 0 Å². The van der Waals surface area contributed by atoms with Crippen molar-refractivity contribution in [2.24, 2.45) is 23.5 Å². The molecule has 0 saturated heterocycles. The van der Waals surface area contributed by atoms with E-state index >= 15 is 0 Å². The van der Waals surface area contributed by atoms with E-state index in [9.17, 15) is 38.7 Å². The Morgan fingerprint density at radius 1 is 0.782 bits per heavy atom. The maximum Gasteiger partial charge on any atom is 0.408 e. The molecule has 55 heavy (non-hydrogen) atoms. The number of rotatable bonds is 22. The number of carbonyl (C=O) groups excluding carboxylic acids is 7. The molecule has 1 rings (SSSR count). The summed E-state index contributed by atoms with van der Waals surface area (Å²) in [7, 11) is 1.22. The Kier molecular flexibility index (Phi) is 20.4. The minimum absolute atomic E-state index is 0.0165. The summed E-state index contributed by atoms with van der Waals surface area (Å²) in [6.07, 6.45) is -2.20. The SMILES string of the molecule is CC[C@H](C)[C@H](NC(O)CNC(=O)[C@H](Cc1ccccc1)NC(=O)[C@H](CC(N)=O)NC(=O)[C@H](CC(C)C)NC(=O)OC(C)(C)C)C(=O)N[C@H](C(=O)OC)C(C)C. The first kappa shape index (κ1) is 48.2. The van der Waals surface area contributed by atoms with E-state index in [-0.39, 0.29) is 37.1 Å². The summed E-state index contributed by atoms with van der Waals surface area (Å²) >= 11 is 0. The van der Waals surface area contributed by atoms with Crippen LogP contribution in [0.4, 0.5) is 4.79 Å². The van der Waals surface area contributed by atoms with Crippen molar-refractivity contribution < 1.29 is 48.1 Å². The highest BCUT2D eigenvalue weighted by molar-refractivity contribution is 5.96. The zero-order chi connectivity index (χ0) is 42.0. The first-order valence-corrected chi connectivity index (χ1v) is 18.6. The molecule has 17 heteroatoms. The topological polar surface area (TPSA) is 256 Å². The minimum Gasteiger partial charge on any atom is -0.467 e. The standard InChI is InChI=1S/C38H63N7O10/c1-11-23(6)31(35(51)45-30(22(4)5)36(52)54-10)44-29(47)20-40-32(48)26(18-24-15-13-12-14-16-24)41-34(50)27(19-28(39)46)42-33(49)25(17-21(2)3)43-37(53)55-38(7,8)9/h12-16,21-23,25-27,29-31,44,47H,11,17-20H2,1-10H3,(H2,39,46)(H,40,48)(H,41,50)(H,42,49)(H,43,53)(H,45,51)/t23-,25-,26-,27-,29?,30-,31-/m0/s1. The fraction of sp³-hybridized carbons (Fsp3) is 0.658. The molecule has 0 aliphatic rings. The lowest BCUT2D eigenvalue weighted by Crippen LogP contribution is -2.59. The number of hydrogen-bond acceptors (Lipinski definition) is 11. The van der Waals surface area contributed by atoms with Crippen LogP contribution >= 0.6 is 0 Å². The summed E-state index contributed by atoms with van der Waals surface area (Å²) < 4.78 is 10.1. The van der Waals surface area contributed by atoms with Gasteiger partial charge in [0.15, 0.2) is 0 Å². The second kappa shape index (κ2) is 23.2. The molecule has 1 unspecified atom stereocenters. The lowest BCUT2D eigenvalue weighted by atomic mass is 9.96. The Balaban J connectivity index is 3.23. The van der Waals surface area contributed by atoms with Gasteiger partial charge in [-0.3, -0.25) is 29.3 Å². The molecule has 1 aromatic rings. The smallest absolute Gasteiger partial charge is 0.408 e. The molecule has 7 atom stereocenters. The molecule has 0 fully saturated rings. The number of aliphatic hydroxyl groups excluding tert-OH is 1. The van der Waals surface area contributed by atoms with E-state index < -0.39 is 90.1 Å². The van der Waals surface area contributed by atoms with E-state index in [1.165, 1.54) is 7.11 Å². The molecule has 17 nitrogen and oxygen atoms in total. The van der Waals surface area contributed by atoms with Crippen molar-refractivity contribution >= 4 is 41.6 Å². The molecule has 0 aromatic heterocycles. The molecule has 0 heterocycles. The highest BCUT2D eigenvalue weighted by Gasteiger charge is 2.34. The molecule has 0 radical (unpaired) electrons. The van der Waals surface area contributed by atoms with Crippen LogP contribution in [0.5, 0.6) is 0 Å². The molecule has 0 saturated carbocycles. The molecular formula is C38H63N7O10. The zero-order valence-corrected chi connectivity index (χ0v) is 33.8. The van der Waals surface area contributed by atoms with Crippen molar-refractivity contribution in [2.45, 2.75) is 130 Å². The van der Waals surface area contributed by atoms with E-state index in [1.807, 2.05) is 20.8 Å². The maximum atomic E-state index is 13.7. The van der Waals surface area contributed by atoms with Gasteiger partial charge in [-0.1, -0.05) is 78.3 Å². The molecule has 6 amide bonds. The predicted octanol–water partition coefficient (Wildman–Crippen LogP) is 0.766. The van der Waals surface area contributed by atoms with Gasteiger partial charge in [0.05, 0.1) is 26.1 Å². The fourth-order valence-electron chi connectivity index (χ4n) is 5.36. The van der Waals surface area contributed by atoms with Gasteiger partial charge in [-0.05, 0) is 50.5 Å². The Morgan fingerprint density at radius 2 is 1.36 bits per heavy atom. The third kappa shape index (κ3) is 18.4. The highest BCUT2D eigenvalue weighted by atomic mass is 16.6. The molecule has 0 aliphatic carbocycles. The number of nitrogens with two attached hydrogens (primary N) is 1. The number of methoxy groups -OCH3 is 1. The first-order valence-electron chi connectivity index (χ1n) is 18.6. The number of esters is 1. The van der Waals surface area contributed by atoms with Crippen LogP contribution in [0.15, 0.2) is 30.3 Å². The van der Waals surface area contributed by atoms with E-state index in [4.69, 9.17) is 15.2 Å². The van der Waals surface area contributed by atoms with Crippen LogP contribution in [0.25, 0.3) is 0 Å². The number of nitrogens with one attached hydrogen (secondary N) is 6. The zero-order valence-electron chi connectivity index (χ0n) is 33.8. The van der Waals surface area contributed by atoms with Gasteiger partial charge in [0, 0.05) is 6.42 Å². The molecule has 0 spiro atoms. The van der Waals surface area contributed by atoms with Crippen LogP contribution in [0.2, 0.25) is 0 Å². The largest absolute Gasteiger partial charge is 0.467 e. The van der Waals surface area contributed by atoms with Crippen LogP contribution in [0, 0.1) is 17.8 Å². The second-order valence-corrected chi connectivity index (χ2v) is 15.4. The van der Waals surface area contributed by atoms with Crippen LogP contribution in [-0.2, 0) is 44.7 Å². The lowest BCUT2D eigenvalue weighted by molar-refractivity contribution is -0.147. The number of ether oxygens (including phenoxy) is 2. The van der Waals surface area contributed by atoms with Crippen molar-refractivity contribution in [1.29, 1.82) is 0 Å². The van der Waals surface area contributed by atoms with Gasteiger partial charge in [0.2, 0.25) is 29.5 Å². The Labute approximate surface area is 324 Å². The van der Waals surface area contributed by atoms with Crippen LogP contribution in [-0.4, -0.2) is 102 Å². The Morgan fingerprint density at radius 3 is 1.87 bits per heavy atom. The maximum absolute atomic E-state index is 13.7. The van der Waals surface area contributed by atoms with E-state index in [0.29, 0.717) is 12.0 Å². The number of carbonyl (C=O) groups is 7.